The van der Waals surface area contributed by atoms with Crippen LogP contribution in [0.4, 0.5) is 4.79 Å². The largest absolute Gasteiger partial charge is 0.444 e. The molecule has 1 aliphatic carbocycles. The van der Waals surface area contributed by atoms with Gasteiger partial charge in [-0.1, -0.05) is 0 Å². The molecule has 1 heterocycles. The van der Waals surface area contributed by atoms with E-state index in [-0.39, 0.29) is 0 Å². The van der Waals surface area contributed by atoms with E-state index in [4.69, 9.17) is 10.5 Å². The van der Waals surface area contributed by atoms with Crippen LogP contribution in [0.1, 0.15) is 40.0 Å². The van der Waals surface area contributed by atoms with Crippen LogP contribution in [0.5, 0.6) is 0 Å². The molecule has 2 N–H and O–H groups in total. The van der Waals surface area contributed by atoms with Crippen LogP contribution in [0.15, 0.2) is 18.7 Å². The summed E-state index contributed by atoms with van der Waals surface area (Å²) in [5.74, 6) is 0. The van der Waals surface area contributed by atoms with E-state index < -0.39 is 11.7 Å². The number of carbonyl (C=O) groups is 2. The molecule has 120 valence electrons. The van der Waals surface area contributed by atoms with Gasteiger partial charge in [0.25, 0.3) is 0 Å². The maximum Gasteiger partial charge on any atom is 0.405 e. The van der Waals surface area contributed by atoms with E-state index in [9.17, 15) is 9.59 Å². The Morgan fingerprint density at radius 1 is 1.43 bits per heavy atom. The molecule has 0 radical (unpaired) electrons. The van der Waals surface area contributed by atoms with E-state index in [2.05, 4.69) is 9.72 Å². The van der Waals surface area contributed by atoms with Crippen LogP contribution in [-0.4, -0.2) is 40.9 Å². The van der Waals surface area contributed by atoms with Crippen LogP contribution < -0.4 is 5.73 Å². The van der Waals surface area contributed by atoms with Gasteiger partial charge in [0, 0.05) is 19.5 Å². The van der Waals surface area contributed by atoms with Gasteiger partial charge in [0.15, 0.2) is 0 Å². The van der Waals surface area contributed by atoms with Crippen LogP contribution in [0.3, 0.4) is 0 Å². The van der Waals surface area contributed by atoms with Crippen molar-refractivity contribution in [2.75, 3.05) is 7.11 Å². The lowest BCUT2D eigenvalue weighted by Gasteiger charge is -2.22. The minimum atomic E-state index is -0.725. The molecule has 0 atom stereocenters. The average Bonchev–Trinajstić information content (AvgIpc) is 2.78. The van der Waals surface area contributed by atoms with Gasteiger partial charge >= 0.3 is 6.09 Å². The maximum absolute atomic E-state index is 10.0. The maximum atomic E-state index is 10.0. The smallest absolute Gasteiger partial charge is 0.405 e. The van der Waals surface area contributed by atoms with Gasteiger partial charge in [-0.15, -0.1) is 0 Å². The molecule has 0 unspecified atom stereocenters. The fourth-order valence-electron chi connectivity index (χ4n) is 1.24. The number of methoxy groups -OCH3 is 1. The van der Waals surface area contributed by atoms with E-state index >= 15 is 0 Å². The highest BCUT2D eigenvalue weighted by Gasteiger charge is 2.14. The molecular weight excluding hydrogens is 274 g/mol. The zero-order valence-corrected chi connectivity index (χ0v) is 13.1. The topological polar surface area (TPSA) is 96.4 Å². The highest BCUT2D eigenvalue weighted by molar-refractivity contribution is 5.65. The number of aromatic nitrogens is 2. The van der Waals surface area contributed by atoms with Crippen molar-refractivity contribution in [1.29, 1.82) is 0 Å². The molecule has 1 fully saturated rings. The van der Waals surface area contributed by atoms with Gasteiger partial charge in [-0.3, -0.25) is 9.36 Å². The van der Waals surface area contributed by atoms with Gasteiger partial charge in [0.1, 0.15) is 11.9 Å². The van der Waals surface area contributed by atoms with Crippen molar-refractivity contribution in [1.82, 2.24) is 9.55 Å². The molecule has 0 aliphatic heterocycles. The van der Waals surface area contributed by atoms with E-state index in [0.29, 0.717) is 12.5 Å². The van der Waals surface area contributed by atoms with Crippen molar-refractivity contribution in [3.8, 4) is 0 Å². The summed E-state index contributed by atoms with van der Waals surface area (Å²) in [4.78, 5) is 23.4. The summed E-state index contributed by atoms with van der Waals surface area (Å²) < 4.78 is 10.9. The molecule has 0 saturated heterocycles. The normalized spacial score (nSPS) is 13.7. The summed E-state index contributed by atoms with van der Waals surface area (Å²) in [6.07, 6.45) is 9.09. The van der Waals surface area contributed by atoms with Crippen LogP contribution >= 0.6 is 0 Å². The third-order valence-electron chi connectivity index (χ3n) is 2.44. The first-order valence-electron chi connectivity index (χ1n) is 6.72. The highest BCUT2D eigenvalue weighted by Crippen LogP contribution is 2.20. The molecule has 1 aromatic rings. The van der Waals surface area contributed by atoms with Crippen molar-refractivity contribution < 1.29 is 19.1 Å². The second-order valence-electron chi connectivity index (χ2n) is 5.44. The number of hydrogen-bond acceptors (Lipinski definition) is 5. The Hall–Kier alpha value is -1.89. The van der Waals surface area contributed by atoms with Gasteiger partial charge in [0.2, 0.25) is 6.41 Å². The van der Waals surface area contributed by atoms with Crippen molar-refractivity contribution in [2.24, 2.45) is 5.73 Å². The van der Waals surface area contributed by atoms with E-state index in [1.807, 2.05) is 0 Å². The summed E-state index contributed by atoms with van der Waals surface area (Å²) in [7, 11) is 1.78. The van der Waals surface area contributed by atoms with Crippen molar-refractivity contribution in [3.63, 3.8) is 0 Å². The van der Waals surface area contributed by atoms with E-state index in [0.717, 1.165) is 0 Å². The Bertz CT molecular complexity index is 392. The first-order chi connectivity index (χ1) is 9.78. The third kappa shape index (κ3) is 11.6. The molecule has 1 aromatic heterocycles. The Labute approximate surface area is 125 Å². The Morgan fingerprint density at radius 2 is 2.05 bits per heavy atom. The fourth-order valence-corrected chi connectivity index (χ4v) is 1.24. The third-order valence-corrected chi connectivity index (χ3v) is 2.44. The minimum Gasteiger partial charge on any atom is -0.444 e. The summed E-state index contributed by atoms with van der Waals surface area (Å²) >= 11 is 0. The van der Waals surface area contributed by atoms with Crippen molar-refractivity contribution in [3.05, 3.63) is 18.7 Å². The summed E-state index contributed by atoms with van der Waals surface area (Å²) in [5, 5.41) is 0. The number of nitrogens with zero attached hydrogens (tertiary/aromatic N) is 2. The van der Waals surface area contributed by atoms with Gasteiger partial charge in [-0.05, 0) is 40.0 Å². The minimum absolute atomic E-state index is 0.453. The number of amides is 1. The zero-order chi connectivity index (χ0) is 16.3. The van der Waals surface area contributed by atoms with Crippen LogP contribution in [0.2, 0.25) is 0 Å². The number of carbonyl (C=O) groups excluding carboxylic acids is 2. The molecule has 0 bridgehead atoms. The molecule has 0 aromatic carbocycles. The van der Waals surface area contributed by atoms with Gasteiger partial charge in [-0.2, -0.15) is 0 Å². The van der Waals surface area contributed by atoms with Gasteiger partial charge < -0.3 is 15.2 Å². The summed E-state index contributed by atoms with van der Waals surface area (Å²) in [6, 6.07) is 0. The quantitative estimate of drug-likeness (QED) is 0.842. The first-order valence-corrected chi connectivity index (χ1v) is 6.72. The molecule has 7 heteroatoms. The van der Waals surface area contributed by atoms with Gasteiger partial charge in [0.05, 0.1) is 6.10 Å². The number of imidazole rings is 1. The average molecular weight is 299 g/mol. The van der Waals surface area contributed by atoms with Crippen molar-refractivity contribution in [2.45, 2.75) is 51.7 Å². The van der Waals surface area contributed by atoms with Crippen LogP contribution in [0.25, 0.3) is 0 Å². The SMILES string of the molecule is CC(C)(C)OC(N)=O.COC1CCC1.O=Cn1ccnc1. The Morgan fingerprint density at radius 3 is 2.14 bits per heavy atom. The van der Waals surface area contributed by atoms with Crippen LogP contribution in [-0.2, 0) is 14.3 Å². The van der Waals surface area contributed by atoms with Gasteiger partial charge in [-0.25, -0.2) is 9.78 Å². The lowest BCUT2D eigenvalue weighted by molar-refractivity contribution is 0.0412. The lowest BCUT2D eigenvalue weighted by Crippen LogP contribution is -2.27. The summed E-state index contributed by atoms with van der Waals surface area (Å²) in [6.45, 7) is 5.28. The highest BCUT2D eigenvalue weighted by atomic mass is 16.6. The molecule has 21 heavy (non-hydrogen) atoms. The number of ether oxygens (including phenoxy) is 2. The predicted molar refractivity (Wildman–Crippen MR) is 79.4 cm³/mol. The molecule has 1 saturated carbocycles. The van der Waals surface area contributed by atoms with Crippen LogP contribution in [0, 0.1) is 0 Å². The Balaban J connectivity index is 0.000000288. The van der Waals surface area contributed by atoms with E-state index in [1.54, 1.807) is 40.3 Å². The summed E-state index contributed by atoms with van der Waals surface area (Å²) in [5.41, 5.74) is 4.26. The fraction of sp³-hybridized carbons (Fsp3) is 0.643. The zero-order valence-electron chi connectivity index (χ0n) is 13.1. The molecule has 2 rings (SSSR count). The number of primary amides is 1. The van der Waals surface area contributed by atoms with Crippen molar-refractivity contribution >= 4 is 12.5 Å². The predicted octanol–water partition coefficient (Wildman–Crippen LogP) is 1.99. The second-order valence-corrected chi connectivity index (χ2v) is 5.44. The number of hydrogen-bond donors (Lipinski definition) is 1. The molecule has 1 amide bonds. The molecule has 7 nitrogen and oxygen atoms in total. The van der Waals surface area contributed by atoms with E-state index in [1.165, 1.54) is 30.2 Å². The molecular formula is C14H25N3O4. The monoisotopic (exact) mass is 299 g/mol. The first kappa shape index (κ1) is 19.1. The lowest BCUT2D eigenvalue weighted by atomic mass is 9.96. The Kier molecular flexibility index (Phi) is 9.03. The molecule has 1 aliphatic rings. The standard InChI is InChI=1S/C5H11NO2.C5H10O.C4H4N2O/c1-5(2,3)8-4(6)7;1-6-5-3-2-4-5;7-4-6-2-1-5-3-6/h1-3H3,(H2,6,7);5H,2-4H2,1H3;1-4H. The number of nitrogens with two attached hydrogens (primary N) is 1. The molecule has 0 spiro atoms. The second kappa shape index (κ2) is 9.93. The number of rotatable bonds is 2.